The van der Waals surface area contributed by atoms with Gasteiger partial charge in [-0.1, -0.05) is 19.8 Å². The summed E-state index contributed by atoms with van der Waals surface area (Å²) < 4.78 is 2.06. The Kier molecular flexibility index (Phi) is 5.22. The van der Waals surface area contributed by atoms with E-state index in [0.29, 0.717) is 0 Å². The molecular formula is C10H20N4. The lowest BCUT2D eigenvalue weighted by molar-refractivity contribution is 0.579. The van der Waals surface area contributed by atoms with Crippen molar-refractivity contribution >= 4 is 0 Å². The summed E-state index contributed by atoms with van der Waals surface area (Å²) >= 11 is 0. The molecule has 1 rings (SSSR count). The van der Waals surface area contributed by atoms with Crippen molar-refractivity contribution in [1.82, 2.24) is 20.1 Å². The summed E-state index contributed by atoms with van der Waals surface area (Å²) in [4.78, 5) is 0. The highest BCUT2D eigenvalue weighted by Gasteiger charge is 2.00. The Bertz CT molecular complexity index is 244. The molecule has 0 fully saturated rings. The fourth-order valence-corrected chi connectivity index (χ4v) is 1.38. The van der Waals surface area contributed by atoms with Crippen LogP contribution in [0.3, 0.4) is 0 Å². The second-order valence-corrected chi connectivity index (χ2v) is 3.42. The van der Waals surface area contributed by atoms with Crippen molar-refractivity contribution in [3.63, 3.8) is 0 Å². The molecule has 0 amide bonds. The fraction of sp³-hybridized carbons (Fsp3) is 0.800. The largest absolute Gasteiger partial charge is 0.317 e. The molecule has 0 bridgehead atoms. The van der Waals surface area contributed by atoms with Gasteiger partial charge < -0.3 is 9.88 Å². The van der Waals surface area contributed by atoms with Gasteiger partial charge in [0.1, 0.15) is 12.2 Å². The lowest BCUT2D eigenvalue weighted by Gasteiger charge is -2.04. The first-order chi connectivity index (χ1) is 6.88. The number of aryl methyl sites for hydroxylation is 1. The first kappa shape index (κ1) is 11.2. The molecule has 0 aromatic carbocycles. The third-order valence-electron chi connectivity index (χ3n) is 2.28. The van der Waals surface area contributed by atoms with Gasteiger partial charge in [0, 0.05) is 6.54 Å². The van der Waals surface area contributed by atoms with Gasteiger partial charge in [-0.25, -0.2) is 0 Å². The Labute approximate surface area is 85.7 Å². The zero-order valence-electron chi connectivity index (χ0n) is 9.16. The number of nitrogens with one attached hydrogen (secondary N) is 1. The maximum absolute atomic E-state index is 4.06. The van der Waals surface area contributed by atoms with Crippen LogP contribution in [0.4, 0.5) is 0 Å². The van der Waals surface area contributed by atoms with Crippen LogP contribution >= 0.6 is 0 Å². The zero-order chi connectivity index (χ0) is 10.2. The van der Waals surface area contributed by atoms with E-state index in [-0.39, 0.29) is 0 Å². The number of hydrogen-bond donors (Lipinski definition) is 1. The maximum Gasteiger partial charge on any atom is 0.146 e. The Balaban J connectivity index is 2.17. The van der Waals surface area contributed by atoms with Crippen molar-refractivity contribution in [3.05, 3.63) is 12.2 Å². The minimum Gasteiger partial charge on any atom is -0.317 e. The van der Waals surface area contributed by atoms with Crippen LogP contribution in [0.2, 0.25) is 0 Å². The van der Waals surface area contributed by atoms with Gasteiger partial charge >= 0.3 is 0 Å². The number of aromatic nitrogens is 3. The molecule has 0 aliphatic heterocycles. The summed E-state index contributed by atoms with van der Waals surface area (Å²) in [5.74, 6) is 1.03. The molecule has 4 nitrogen and oxygen atoms in total. The van der Waals surface area contributed by atoms with Crippen LogP contribution in [0, 0.1) is 0 Å². The highest BCUT2D eigenvalue weighted by Crippen LogP contribution is 1.95. The van der Waals surface area contributed by atoms with Gasteiger partial charge in [-0.3, -0.25) is 0 Å². The molecule has 0 saturated heterocycles. The van der Waals surface area contributed by atoms with E-state index in [1.54, 1.807) is 6.33 Å². The van der Waals surface area contributed by atoms with Gasteiger partial charge in [0.25, 0.3) is 0 Å². The van der Waals surface area contributed by atoms with Gasteiger partial charge in [-0.2, -0.15) is 0 Å². The number of nitrogens with zero attached hydrogens (tertiary/aromatic N) is 3. The van der Waals surface area contributed by atoms with Gasteiger partial charge in [0.05, 0.1) is 6.54 Å². The molecule has 0 aliphatic rings. The van der Waals surface area contributed by atoms with E-state index in [4.69, 9.17) is 0 Å². The fourth-order valence-electron chi connectivity index (χ4n) is 1.38. The highest BCUT2D eigenvalue weighted by molar-refractivity contribution is 4.84. The van der Waals surface area contributed by atoms with Crippen LogP contribution in [0.1, 0.15) is 38.9 Å². The molecule has 0 radical (unpaired) electrons. The number of unbranched alkanes of at least 4 members (excludes halogenated alkanes) is 2. The standard InChI is InChI=1S/C10H20N4/c1-3-5-6-7-11-8-10-13-12-9-14(10)4-2/h9,11H,3-8H2,1-2H3. The molecule has 0 spiro atoms. The molecule has 4 heteroatoms. The first-order valence-corrected chi connectivity index (χ1v) is 5.45. The summed E-state index contributed by atoms with van der Waals surface area (Å²) in [5.41, 5.74) is 0. The Morgan fingerprint density at radius 3 is 2.93 bits per heavy atom. The topological polar surface area (TPSA) is 42.7 Å². The average molecular weight is 196 g/mol. The average Bonchev–Trinajstić information content (AvgIpc) is 2.65. The van der Waals surface area contributed by atoms with E-state index < -0.39 is 0 Å². The molecule has 1 N–H and O–H groups in total. The third-order valence-corrected chi connectivity index (χ3v) is 2.28. The van der Waals surface area contributed by atoms with Gasteiger partial charge in [0.2, 0.25) is 0 Å². The molecule has 0 atom stereocenters. The molecule has 0 aliphatic carbocycles. The summed E-state index contributed by atoms with van der Waals surface area (Å²) in [6, 6.07) is 0. The number of rotatable bonds is 7. The van der Waals surface area contributed by atoms with Crippen LogP contribution in [0.25, 0.3) is 0 Å². The number of hydrogen-bond acceptors (Lipinski definition) is 3. The molecule has 0 unspecified atom stereocenters. The van der Waals surface area contributed by atoms with E-state index in [1.807, 2.05) is 0 Å². The van der Waals surface area contributed by atoms with Crippen molar-refractivity contribution in [1.29, 1.82) is 0 Å². The second-order valence-electron chi connectivity index (χ2n) is 3.42. The van der Waals surface area contributed by atoms with E-state index >= 15 is 0 Å². The molecule has 0 saturated carbocycles. The summed E-state index contributed by atoms with van der Waals surface area (Å²) in [6.45, 7) is 7.17. The van der Waals surface area contributed by atoms with Crippen LogP contribution in [0.15, 0.2) is 6.33 Å². The van der Waals surface area contributed by atoms with Crippen molar-refractivity contribution in [2.75, 3.05) is 6.54 Å². The molecule has 80 valence electrons. The summed E-state index contributed by atoms with van der Waals surface area (Å²) in [5, 5.41) is 11.3. The quantitative estimate of drug-likeness (QED) is 0.673. The normalized spacial score (nSPS) is 10.7. The predicted molar refractivity (Wildman–Crippen MR) is 56.9 cm³/mol. The molecular weight excluding hydrogens is 176 g/mol. The Morgan fingerprint density at radius 1 is 1.36 bits per heavy atom. The van der Waals surface area contributed by atoms with Crippen LogP contribution in [-0.2, 0) is 13.1 Å². The second kappa shape index (κ2) is 6.54. The molecule has 14 heavy (non-hydrogen) atoms. The van der Waals surface area contributed by atoms with Crippen LogP contribution in [-0.4, -0.2) is 21.3 Å². The molecule has 1 aromatic rings. The van der Waals surface area contributed by atoms with Crippen molar-refractivity contribution in [2.24, 2.45) is 0 Å². The Morgan fingerprint density at radius 2 is 2.21 bits per heavy atom. The maximum atomic E-state index is 4.06. The van der Waals surface area contributed by atoms with Gasteiger partial charge in [0.15, 0.2) is 0 Å². The monoisotopic (exact) mass is 196 g/mol. The van der Waals surface area contributed by atoms with Crippen molar-refractivity contribution < 1.29 is 0 Å². The third kappa shape index (κ3) is 3.46. The predicted octanol–water partition coefficient (Wildman–Crippen LogP) is 1.58. The highest BCUT2D eigenvalue weighted by atomic mass is 15.3. The lowest BCUT2D eigenvalue weighted by atomic mass is 10.2. The molecule has 1 heterocycles. The minimum absolute atomic E-state index is 0.831. The summed E-state index contributed by atoms with van der Waals surface area (Å²) in [6.07, 6.45) is 5.60. The smallest absolute Gasteiger partial charge is 0.146 e. The summed E-state index contributed by atoms with van der Waals surface area (Å²) in [7, 11) is 0. The van der Waals surface area contributed by atoms with E-state index in [1.165, 1.54) is 19.3 Å². The van der Waals surface area contributed by atoms with Crippen molar-refractivity contribution in [3.8, 4) is 0 Å². The lowest BCUT2D eigenvalue weighted by Crippen LogP contribution is -2.17. The van der Waals surface area contributed by atoms with Crippen LogP contribution < -0.4 is 5.32 Å². The Hall–Kier alpha value is -0.900. The minimum atomic E-state index is 0.831. The SMILES string of the molecule is CCCCCNCc1nncn1CC. The van der Waals surface area contributed by atoms with E-state index in [0.717, 1.165) is 25.5 Å². The van der Waals surface area contributed by atoms with Gasteiger partial charge in [-0.15, -0.1) is 10.2 Å². The van der Waals surface area contributed by atoms with Gasteiger partial charge in [-0.05, 0) is 19.9 Å². The molecule has 1 aromatic heterocycles. The van der Waals surface area contributed by atoms with Crippen molar-refractivity contribution in [2.45, 2.75) is 46.2 Å². The zero-order valence-corrected chi connectivity index (χ0v) is 9.16. The first-order valence-electron chi connectivity index (χ1n) is 5.45. The van der Waals surface area contributed by atoms with Crippen LogP contribution in [0.5, 0.6) is 0 Å². The van der Waals surface area contributed by atoms with E-state index in [2.05, 4.69) is 33.9 Å². The van der Waals surface area contributed by atoms with E-state index in [9.17, 15) is 0 Å².